The Balaban J connectivity index is 1.82. The minimum absolute atomic E-state index is 0.0458. The highest BCUT2D eigenvalue weighted by Gasteiger charge is 2.36. The Morgan fingerprint density at radius 3 is 2.31 bits per heavy atom. The lowest BCUT2D eigenvalue weighted by Crippen LogP contribution is -2.52. The fourth-order valence-electron chi connectivity index (χ4n) is 4.64. The van der Waals surface area contributed by atoms with Crippen LogP contribution in [0.4, 0.5) is 13.2 Å². The number of nitrogens with zero attached hydrogens (tertiary/aromatic N) is 2. The molecule has 0 radical (unpaired) electrons. The minimum atomic E-state index is -4.74. The van der Waals surface area contributed by atoms with Crippen LogP contribution in [0, 0.1) is 5.92 Å². The van der Waals surface area contributed by atoms with Gasteiger partial charge in [-0.15, -0.1) is 13.2 Å². The first-order valence-electron chi connectivity index (χ1n) is 10.6. The van der Waals surface area contributed by atoms with Crippen molar-refractivity contribution < 1.29 is 22.7 Å². The molecule has 7 heteroatoms. The highest BCUT2D eigenvalue weighted by atomic mass is 19.4. The van der Waals surface area contributed by atoms with E-state index in [9.17, 15) is 18.0 Å². The molecule has 2 fully saturated rings. The van der Waals surface area contributed by atoms with Gasteiger partial charge >= 0.3 is 6.36 Å². The van der Waals surface area contributed by atoms with Gasteiger partial charge in [0.25, 0.3) is 0 Å². The molecule has 0 bridgehead atoms. The van der Waals surface area contributed by atoms with Gasteiger partial charge in [0, 0.05) is 32.2 Å². The predicted octanol–water partition coefficient (Wildman–Crippen LogP) is 4.80. The number of carbonyl (C=O) groups excluding carboxylic acids is 1. The van der Waals surface area contributed by atoms with Crippen LogP contribution in [0.5, 0.6) is 5.75 Å². The number of piperazine rings is 1. The van der Waals surface area contributed by atoms with E-state index in [0.717, 1.165) is 45.2 Å². The van der Waals surface area contributed by atoms with Crippen molar-refractivity contribution in [1.29, 1.82) is 0 Å². The maximum atomic E-state index is 13.5. The van der Waals surface area contributed by atoms with Crippen LogP contribution in [0.3, 0.4) is 0 Å². The second kappa shape index (κ2) is 9.37. The minimum Gasteiger partial charge on any atom is -0.406 e. The van der Waals surface area contributed by atoms with Crippen molar-refractivity contribution in [3.63, 3.8) is 0 Å². The molecular formula is C22H31F3N2O2. The van der Waals surface area contributed by atoms with Gasteiger partial charge in [-0.3, -0.25) is 9.69 Å². The molecule has 1 atom stereocenters. The summed E-state index contributed by atoms with van der Waals surface area (Å²) < 4.78 is 42.1. The van der Waals surface area contributed by atoms with Gasteiger partial charge in [0.1, 0.15) is 5.75 Å². The van der Waals surface area contributed by atoms with E-state index in [1.54, 1.807) is 12.1 Å². The zero-order valence-electron chi connectivity index (χ0n) is 17.3. The largest absolute Gasteiger partial charge is 0.573 e. The van der Waals surface area contributed by atoms with Crippen molar-refractivity contribution in [1.82, 2.24) is 9.80 Å². The predicted molar refractivity (Wildman–Crippen MR) is 106 cm³/mol. The molecule has 0 spiro atoms. The van der Waals surface area contributed by atoms with Crippen molar-refractivity contribution in [2.45, 2.75) is 64.3 Å². The third-order valence-electron chi connectivity index (χ3n) is 6.19. The van der Waals surface area contributed by atoms with E-state index < -0.39 is 12.3 Å². The molecule has 1 saturated carbocycles. The van der Waals surface area contributed by atoms with E-state index in [1.807, 2.05) is 4.90 Å². The number of rotatable bonds is 5. The van der Waals surface area contributed by atoms with Gasteiger partial charge in [-0.1, -0.05) is 31.4 Å². The SMILES string of the molecule is CC(C)N1CCN(C(=O)C(c2cccc(OC(F)(F)F)c2)C2CCCCC2)CC1. The molecule has 0 N–H and O–H groups in total. The van der Waals surface area contributed by atoms with Gasteiger partial charge in [0.15, 0.2) is 0 Å². The van der Waals surface area contributed by atoms with Gasteiger partial charge < -0.3 is 9.64 Å². The topological polar surface area (TPSA) is 32.8 Å². The first-order valence-corrected chi connectivity index (χ1v) is 10.6. The fourth-order valence-corrected chi connectivity index (χ4v) is 4.64. The van der Waals surface area contributed by atoms with Gasteiger partial charge in [0.2, 0.25) is 5.91 Å². The highest BCUT2D eigenvalue weighted by molar-refractivity contribution is 5.84. The molecular weight excluding hydrogens is 381 g/mol. The lowest BCUT2D eigenvalue weighted by molar-refractivity contribution is -0.274. The molecule has 3 rings (SSSR count). The van der Waals surface area contributed by atoms with Crippen molar-refractivity contribution in [3.05, 3.63) is 29.8 Å². The van der Waals surface area contributed by atoms with E-state index in [-0.39, 0.29) is 17.6 Å². The molecule has 1 unspecified atom stereocenters. The Morgan fingerprint density at radius 2 is 1.72 bits per heavy atom. The molecule has 162 valence electrons. The average Bonchev–Trinajstić information content (AvgIpc) is 2.68. The van der Waals surface area contributed by atoms with E-state index in [2.05, 4.69) is 23.5 Å². The summed E-state index contributed by atoms with van der Waals surface area (Å²) in [5, 5.41) is 0. The van der Waals surface area contributed by atoms with E-state index in [0.29, 0.717) is 24.7 Å². The fraction of sp³-hybridized carbons (Fsp3) is 0.682. The van der Waals surface area contributed by atoms with Crippen LogP contribution in [0.2, 0.25) is 0 Å². The molecule has 1 aliphatic heterocycles. The number of benzene rings is 1. The Hall–Kier alpha value is -1.76. The van der Waals surface area contributed by atoms with E-state index in [4.69, 9.17) is 0 Å². The quantitative estimate of drug-likeness (QED) is 0.696. The maximum absolute atomic E-state index is 13.5. The Kier molecular flexibility index (Phi) is 7.09. The van der Waals surface area contributed by atoms with Crippen molar-refractivity contribution in [3.8, 4) is 5.75 Å². The van der Waals surface area contributed by atoms with E-state index >= 15 is 0 Å². The Bertz CT molecular complexity index is 679. The number of halogens is 3. The molecule has 29 heavy (non-hydrogen) atoms. The summed E-state index contributed by atoms with van der Waals surface area (Å²) in [5.41, 5.74) is 0.634. The van der Waals surface area contributed by atoms with Crippen LogP contribution in [0.25, 0.3) is 0 Å². The second-order valence-corrected chi connectivity index (χ2v) is 8.45. The number of alkyl halides is 3. The van der Waals surface area contributed by atoms with Gasteiger partial charge in [-0.25, -0.2) is 0 Å². The highest BCUT2D eigenvalue weighted by Crippen LogP contribution is 2.39. The lowest BCUT2D eigenvalue weighted by Gasteiger charge is -2.40. The number of ether oxygens (including phenoxy) is 1. The van der Waals surface area contributed by atoms with Crippen LogP contribution < -0.4 is 4.74 Å². The van der Waals surface area contributed by atoms with Crippen molar-refractivity contribution in [2.24, 2.45) is 5.92 Å². The summed E-state index contributed by atoms with van der Waals surface area (Å²) in [4.78, 5) is 17.8. The van der Waals surface area contributed by atoms with Crippen LogP contribution in [0.1, 0.15) is 57.4 Å². The van der Waals surface area contributed by atoms with Crippen LogP contribution in [-0.2, 0) is 4.79 Å². The van der Waals surface area contributed by atoms with Gasteiger partial charge in [0.05, 0.1) is 5.92 Å². The second-order valence-electron chi connectivity index (χ2n) is 8.45. The molecule has 2 aliphatic rings. The van der Waals surface area contributed by atoms with E-state index in [1.165, 1.54) is 12.1 Å². The molecule has 4 nitrogen and oxygen atoms in total. The summed E-state index contributed by atoms with van der Waals surface area (Å²) in [5.74, 6) is -0.448. The van der Waals surface area contributed by atoms with Crippen LogP contribution >= 0.6 is 0 Å². The van der Waals surface area contributed by atoms with Gasteiger partial charge in [-0.2, -0.15) is 0 Å². The summed E-state index contributed by atoms with van der Waals surface area (Å²) in [6, 6.07) is 6.45. The number of amides is 1. The molecule has 1 aromatic carbocycles. The molecule has 1 heterocycles. The summed E-state index contributed by atoms with van der Waals surface area (Å²) in [6.45, 7) is 7.29. The molecule has 1 saturated heterocycles. The third-order valence-corrected chi connectivity index (χ3v) is 6.19. The number of hydrogen-bond acceptors (Lipinski definition) is 3. The molecule has 1 amide bonds. The molecule has 1 aromatic rings. The lowest BCUT2D eigenvalue weighted by atomic mass is 9.76. The van der Waals surface area contributed by atoms with Crippen molar-refractivity contribution >= 4 is 5.91 Å². The first kappa shape index (κ1) is 21.9. The van der Waals surface area contributed by atoms with Crippen LogP contribution in [0.15, 0.2) is 24.3 Å². The average molecular weight is 412 g/mol. The van der Waals surface area contributed by atoms with Crippen molar-refractivity contribution in [2.75, 3.05) is 26.2 Å². The van der Waals surface area contributed by atoms with Crippen LogP contribution in [-0.4, -0.2) is 54.3 Å². The number of hydrogen-bond donors (Lipinski definition) is 0. The maximum Gasteiger partial charge on any atom is 0.573 e. The molecule has 0 aromatic heterocycles. The normalized spacial score (nSPS) is 20.7. The zero-order chi connectivity index (χ0) is 21.0. The Labute approximate surface area is 171 Å². The summed E-state index contributed by atoms with van der Waals surface area (Å²) in [6.07, 6.45) is 0.417. The molecule has 1 aliphatic carbocycles. The standard InChI is InChI=1S/C22H31F3N2O2/c1-16(2)26-11-13-27(14-12-26)21(28)20(17-7-4-3-5-8-17)18-9-6-10-19(15-18)29-22(23,24)25/h6,9-10,15-17,20H,3-5,7-8,11-14H2,1-2H3. The monoisotopic (exact) mass is 412 g/mol. The zero-order valence-corrected chi connectivity index (χ0v) is 17.3. The number of carbonyl (C=O) groups is 1. The Morgan fingerprint density at radius 1 is 1.07 bits per heavy atom. The summed E-state index contributed by atoms with van der Waals surface area (Å²) >= 11 is 0. The summed E-state index contributed by atoms with van der Waals surface area (Å²) in [7, 11) is 0. The smallest absolute Gasteiger partial charge is 0.406 e. The third kappa shape index (κ3) is 5.87. The van der Waals surface area contributed by atoms with Gasteiger partial charge in [-0.05, 0) is 50.3 Å². The first-order chi connectivity index (χ1) is 13.7.